The molecule has 1 aliphatic carbocycles. The molecule has 0 bridgehead atoms. The molecule has 1 aliphatic heterocycles. The van der Waals surface area contributed by atoms with Crippen LogP contribution in [-0.2, 0) is 9.53 Å². The summed E-state index contributed by atoms with van der Waals surface area (Å²) in [6, 6.07) is 0.454. The van der Waals surface area contributed by atoms with Crippen LogP contribution in [0.5, 0.6) is 0 Å². The number of likely N-dealkylation sites (tertiary alicyclic amines) is 1. The molecule has 0 radical (unpaired) electrons. The number of rotatable bonds is 3. The Kier molecular flexibility index (Phi) is 5.32. The lowest BCUT2D eigenvalue weighted by atomic mass is 9.90. The first kappa shape index (κ1) is 17.1. The molecule has 126 valence electrons. The van der Waals surface area contributed by atoms with E-state index in [0.717, 1.165) is 32.2 Å². The summed E-state index contributed by atoms with van der Waals surface area (Å²) in [6.45, 7) is 6.95. The van der Waals surface area contributed by atoms with Gasteiger partial charge in [0.1, 0.15) is 5.60 Å². The lowest BCUT2D eigenvalue weighted by Gasteiger charge is -2.35. The van der Waals surface area contributed by atoms with Gasteiger partial charge < -0.3 is 20.7 Å². The highest BCUT2D eigenvalue weighted by Gasteiger charge is 2.35. The van der Waals surface area contributed by atoms with Gasteiger partial charge in [0.15, 0.2) is 0 Å². The van der Waals surface area contributed by atoms with Crippen LogP contribution in [0.25, 0.3) is 0 Å². The largest absolute Gasteiger partial charge is 0.444 e. The van der Waals surface area contributed by atoms with E-state index in [1.165, 1.54) is 0 Å². The molecule has 1 heterocycles. The summed E-state index contributed by atoms with van der Waals surface area (Å²) < 4.78 is 5.28. The van der Waals surface area contributed by atoms with Crippen molar-refractivity contribution in [1.29, 1.82) is 0 Å². The summed E-state index contributed by atoms with van der Waals surface area (Å²) in [4.78, 5) is 25.8. The van der Waals surface area contributed by atoms with Crippen LogP contribution in [0.2, 0.25) is 0 Å². The Morgan fingerprint density at radius 3 is 2.45 bits per heavy atom. The standard InChI is InChI=1S/C16H29N3O3/c1-16(2,3)22-15(21)18-12-4-6-13(7-5-12)19-10-11(9-17)8-14(19)20/h11-13H,4-10,17H2,1-3H3,(H,18,21). The number of hydrogen-bond donors (Lipinski definition) is 2. The van der Waals surface area contributed by atoms with Crippen molar-refractivity contribution in [3.8, 4) is 0 Å². The number of hydrogen-bond acceptors (Lipinski definition) is 4. The van der Waals surface area contributed by atoms with E-state index in [2.05, 4.69) is 5.32 Å². The fourth-order valence-electron chi connectivity index (χ4n) is 3.33. The maximum Gasteiger partial charge on any atom is 0.407 e. The monoisotopic (exact) mass is 311 g/mol. The number of nitrogens with two attached hydrogens (primary N) is 1. The van der Waals surface area contributed by atoms with Gasteiger partial charge in [-0.1, -0.05) is 0 Å². The smallest absolute Gasteiger partial charge is 0.407 e. The van der Waals surface area contributed by atoms with Gasteiger partial charge in [-0.3, -0.25) is 4.79 Å². The molecule has 6 nitrogen and oxygen atoms in total. The summed E-state index contributed by atoms with van der Waals surface area (Å²) >= 11 is 0. The summed E-state index contributed by atoms with van der Waals surface area (Å²) in [6.07, 6.45) is 3.89. The second-order valence-corrected chi connectivity index (χ2v) is 7.50. The molecule has 0 aromatic heterocycles. The fraction of sp³-hybridized carbons (Fsp3) is 0.875. The van der Waals surface area contributed by atoms with Gasteiger partial charge in [0.2, 0.25) is 5.91 Å². The third kappa shape index (κ3) is 4.60. The molecule has 1 saturated heterocycles. The second-order valence-electron chi connectivity index (χ2n) is 7.50. The van der Waals surface area contributed by atoms with Crippen LogP contribution in [0.15, 0.2) is 0 Å². The van der Waals surface area contributed by atoms with Crippen LogP contribution in [0, 0.1) is 5.92 Å². The first-order chi connectivity index (χ1) is 10.3. The molecule has 6 heteroatoms. The van der Waals surface area contributed by atoms with Crippen LogP contribution in [0.1, 0.15) is 52.9 Å². The lowest BCUT2D eigenvalue weighted by molar-refractivity contribution is -0.130. The highest BCUT2D eigenvalue weighted by molar-refractivity contribution is 5.79. The first-order valence-electron chi connectivity index (χ1n) is 8.27. The number of nitrogens with zero attached hydrogens (tertiary/aromatic N) is 1. The van der Waals surface area contributed by atoms with Crippen LogP contribution >= 0.6 is 0 Å². The predicted molar refractivity (Wildman–Crippen MR) is 84.3 cm³/mol. The van der Waals surface area contributed by atoms with E-state index in [0.29, 0.717) is 24.9 Å². The van der Waals surface area contributed by atoms with Crippen molar-refractivity contribution >= 4 is 12.0 Å². The third-order valence-electron chi connectivity index (χ3n) is 4.43. The fourth-order valence-corrected chi connectivity index (χ4v) is 3.33. The van der Waals surface area contributed by atoms with Crippen molar-refractivity contribution in [3.63, 3.8) is 0 Å². The highest BCUT2D eigenvalue weighted by Crippen LogP contribution is 2.28. The molecule has 0 spiro atoms. The van der Waals surface area contributed by atoms with Crippen LogP contribution in [-0.4, -0.2) is 47.7 Å². The molecule has 2 aliphatic rings. The van der Waals surface area contributed by atoms with Gasteiger partial charge in [0.05, 0.1) is 0 Å². The van der Waals surface area contributed by atoms with Crippen molar-refractivity contribution in [3.05, 3.63) is 0 Å². The molecule has 22 heavy (non-hydrogen) atoms. The number of carbonyl (C=O) groups excluding carboxylic acids is 2. The van der Waals surface area contributed by atoms with Crippen molar-refractivity contribution in [1.82, 2.24) is 10.2 Å². The number of alkyl carbamates (subject to hydrolysis) is 1. The minimum atomic E-state index is -0.472. The lowest BCUT2D eigenvalue weighted by Crippen LogP contribution is -2.45. The van der Waals surface area contributed by atoms with Gasteiger partial charge in [-0.15, -0.1) is 0 Å². The highest BCUT2D eigenvalue weighted by atomic mass is 16.6. The van der Waals surface area contributed by atoms with E-state index in [4.69, 9.17) is 10.5 Å². The first-order valence-corrected chi connectivity index (χ1v) is 8.27. The molecule has 0 aromatic rings. The minimum absolute atomic E-state index is 0.147. The van der Waals surface area contributed by atoms with Crippen molar-refractivity contribution in [2.45, 2.75) is 70.6 Å². The van der Waals surface area contributed by atoms with E-state index in [1.807, 2.05) is 25.7 Å². The molecule has 2 rings (SSSR count). The Morgan fingerprint density at radius 1 is 1.32 bits per heavy atom. The normalized spacial score (nSPS) is 29.5. The Morgan fingerprint density at radius 2 is 1.95 bits per heavy atom. The number of nitrogens with one attached hydrogen (secondary N) is 1. The zero-order valence-electron chi connectivity index (χ0n) is 13.9. The van der Waals surface area contributed by atoms with E-state index in [1.54, 1.807) is 0 Å². The number of ether oxygens (including phenoxy) is 1. The van der Waals surface area contributed by atoms with E-state index in [-0.39, 0.29) is 18.0 Å². The Balaban J connectivity index is 1.76. The van der Waals surface area contributed by atoms with E-state index >= 15 is 0 Å². The summed E-state index contributed by atoms with van der Waals surface area (Å²) in [5, 5.41) is 2.93. The molecule has 0 aromatic carbocycles. The molecule has 1 atom stereocenters. The van der Waals surface area contributed by atoms with Gasteiger partial charge in [0, 0.05) is 25.0 Å². The summed E-state index contributed by atoms with van der Waals surface area (Å²) in [5.74, 6) is 0.545. The van der Waals surface area contributed by atoms with Crippen LogP contribution in [0.4, 0.5) is 4.79 Å². The van der Waals surface area contributed by atoms with E-state index in [9.17, 15) is 9.59 Å². The average molecular weight is 311 g/mol. The molecule has 2 amide bonds. The molecule has 3 N–H and O–H groups in total. The summed E-state index contributed by atoms with van der Waals surface area (Å²) in [5.41, 5.74) is 5.20. The predicted octanol–water partition coefficient (Wildman–Crippen LogP) is 1.63. The zero-order valence-corrected chi connectivity index (χ0v) is 13.9. The maximum absolute atomic E-state index is 12.0. The average Bonchev–Trinajstić information content (AvgIpc) is 2.79. The Labute approximate surface area is 132 Å². The summed E-state index contributed by atoms with van der Waals surface area (Å²) in [7, 11) is 0. The maximum atomic E-state index is 12.0. The topological polar surface area (TPSA) is 84.7 Å². The molecular formula is C16H29N3O3. The number of carbonyl (C=O) groups is 2. The van der Waals surface area contributed by atoms with E-state index < -0.39 is 5.60 Å². The molecule has 2 fully saturated rings. The Bertz CT molecular complexity index is 411. The van der Waals surface area contributed by atoms with Crippen LogP contribution < -0.4 is 11.1 Å². The quantitative estimate of drug-likeness (QED) is 0.829. The zero-order chi connectivity index (χ0) is 16.3. The van der Waals surface area contributed by atoms with Crippen LogP contribution in [0.3, 0.4) is 0 Å². The van der Waals surface area contributed by atoms with Crippen molar-refractivity contribution < 1.29 is 14.3 Å². The van der Waals surface area contributed by atoms with Gasteiger partial charge in [-0.05, 0) is 58.9 Å². The van der Waals surface area contributed by atoms with Crippen molar-refractivity contribution in [2.24, 2.45) is 11.7 Å². The number of amides is 2. The van der Waals surface area contributed by atoms with Crippen molar-refractivity contribution in [2.75, 3.05) is 13.1 Å². The molecular weight excluding hydrogens is 282 g/mol. The van der Waals surface area contributed by atoms with Gasteiger partial charge in [-0.2, -0.15) is 0 Å². The van der Waals surface area contributed by atoms with Gasteiger partial charge >= 0.3 is 6.09 Å². The second kappa shape index (κ2) is 6.86. The molecule has 1 saturated carbocycles. The minimum Gasteiger partial charge on any atom is -0.444 e. The SMILES string of the molecule is CC(C)(C)OC(=O)NC1CCC(N2CC(CN)CC2=O)CC1. The van der Waals surface area contributed by atoms with Gasteiger partial charge in [-0.25, -0.2) is 4.79 Å². The Hall–Kier alpha value is -1.30. The molecule has 1 unspecified atom stereocenters. The van der Waals surface area contributed by atoms with Gasteiger partial charge in [0.25, 0.3) is 0 Å². The third-order valence-corrected chi connectivity index (χ3v) is 4.43.